The second kappa shape index (κ2) is 9.00. The molecule has 0 aliphatic heterocycles. The van der Waals surface area contributed by atoms with Crippen molar-refractivity contribution in [2.24, 2.45) is 0 Å². The van der Waals surface area contributed by atoms with Gasteiger partial charge in [0.25, 0.3) is 0 Å². The molecule has 0 saturated carbocycles. The number of amides is 1. The molecule has 0 aliphatic carbocycles. The molecule has 3 aromatic rings. The predicted molar refractivity (Wildman–Crippen MR) is 120 cm³/mol. The zero-order chi connectivity index (χ0) is 21.7. The molecular weight excluding hydrogens is 400 g/mol. The Balaban J connectivity index is 1.80. The van der Waals surface area contributed by atoms with Crippen LogP contribution in [-0.2, 0) is 14.8 Å². The van der Waals surface area contributed by atoms with Gasteiger partial charge in [-0.15, -0.1) is 0 Å². The van der Waals surface area contributed by atoms with Gasteiger partial charge < -0.3 is 10.1 Å². The van der Waals surface area contributed by atoms with Crippen molar-refractivity contribution >= 4 is 27.3 Å². The highest BCUT2D eigenvalue weighted by Gasteiger charge is 2.22. The fraction of sp³-hybridized carbons (Fsp3) is 0.174. The van der Waals surface area contributed by atoms with Gasteiger partial charge in [0.05, 0.1) is 17.6 Å². The lowest BCUT2D eigenvalue weighted by atomic mass is 10.1. The van der Waals surface area contributed by atoms with E-state index in [1.165, 1.54) is 0 Å². The molecule has 1 N–H and O–H groups in total. The number of hydrogen-bond acceptors (Lipinski definition) is 4. The molecule has 7 heteroatoms. The van der Waals surface area contributed by atoms with Gasteiger partial charge in [-0.2, -0.15) is 0 Å². The summed E-state index contributed by atoms with van der Waals surface area (Å²) in [6.45, 7) is 3.50. The van der Waals surface area contributed by atoms with Gasteiger partial charge in [-0.1, -0.05) is 36.4 Å². The maximum absolute atomic E-state index is 12.7. The summed E-state index contributed by atoms with van der Waals surface area (Å²) in [6, 6.07) is 21.5. The number of hydrogen-bond donors (Lipinski definition) is 1. The molecule has 0 bridgehead atoms. The van der Waals surface area contributed by atoms with Gasteiger partial charge in [-0.25, -0.2) is 8.42 Å². The second-order valence-corrected chi connectivity index (χ2v) is 8.90. The SMILES string of the molecule is Cc1ccc(N(CC(=O)Nc2ccccc2Oc2ccccc2)S(C)(=O)=O)cc1C. The van der Waals surface area contributed by atoms with E-state index in [0.717, 1.165) is 21.7 Å². The normalized spacial score (nSPS) is 11.0. The number of sulfonamides is 1. The van der Waals surface area contributed by atoms with Crippen molar-refractivity contribution in [3.8, 4) is 11.5 Å². The number of anilines is 2. The van der Waals surface area contributed by atoms with E-state index in [9.17, 15) is 13.2 Å². The number of nitrogens with one attached hydrogen (secondary N) is 1. The van der Waals surface area contributed by atoms with Crippen molar-refractivity contribution in [3.05, 3.63) is 83.9 Å². The number of rotatable bonds is 7. The van der Waals surface area contributed by atoms with Crippen LogP contribution in [0.2, 0.25) is 0 Å². The Morgan fingerprint density at radius 2 is 1.60 bits per heavy atom. The number of para-hydroxylation sites is 3. The maximum atomic E-state index is 12.7. The Labute approximate surface area is 177 Å². The molecule has 6 nitrogen and oxygen atoms in total. The zero-order valence-electron chi connectivity index (χ0n) is 17.1. The highest BCUT2D eigenvalue weighted by molar-refractivity contribution is 7.92. The number of ether oxygens (including phenoxy) is 1. The lowest BCUT2D eigenvalue weighted by molar-refractivity contribution is -0.114. The maximum Gasteiger partial charge on any atom is 0.245 e. The summed E-state index contributed by atoms with van der Waals surface area (Å²) in [5.41, 5.74) is 2.90. The summed E-state index contributed by atoms with van der Waals surface area (Å²) < 4.78 is 31.6. The summed E-state index contributed by atoms with van der Waals surface area (Å²) in [7, 11) is -3.65. The van der Waals surface area contributed by atoms with Crippen LogP contribution in [0.15, 0.2) is 72.8 Å². The fourth-order valence-electron chi connectivity index (χ4n) is 2.88. The number of nitrogens with zero attached hydrogens (tertiary/aromatic N) is 1. The third-order valence-corrected chi connectivity index (χ3v) is 5.74. The van der Waals surface area contributed by atoms with E-state index in [1.807, 2.05) is 50.2 Å². The minimum Gasteiger partial charge on any atom is -0.455 e. The molecule has 3 aromatic carbocycles. The number of carbonyl (C=O) groups is 1. The number of carbonyl (C=O) groups excluding carboxylic acids is 1. The van der Waals surface area contributed by atoms with E-state index in [0.29, 0.717) is 22.9 Å². The molecule has 0 radical (unpaired) electrons. The molecule has 0 saturated heterocycles. The third-order valence-electron chi connectivity index (χ3n) is 4.60. The molecule has 1 amide bonds. The number of aryl methyl sites for hydroxylation is 2. The Hall–Kier alpha value is -3.32. The first-order valence-electron chi connectivity index (χ1n) is 9.41. The first kappa shape index (κ1) is 21.4. The molecular formula is C23H24N2O4S. The average molecular weight is 425 g/mol. The summed E-state index contributed by atoms with van der Waals surface area (Å²) in [5, 5.41) is 2.76. The molecule has 0 aromatic heterocycles. The molecule has 30 heavy (non-hydrogen) atoms. The van der Waals surface area contributed by atoms with Gasteiger partial charge in [0.2, 0.25) is 15.9 Å². The summed E-state index contributed by atoms with van der Waals surface area (Å²) in [5.74, 6) is 0.629. The minimum atomic E-state index is -3.65. The van der Waals surface area contributed by atoms with E-state index >= 15 is 0 Å². The van der Waals surface area contributed by atoms with Crippen LogP contribution in [0.3, 0.4) is 0 Å². The van der Waals surface area contributed by atoms with E-state index in [1.54, 1.807) is 36.4 Å². The number of benzene rings is 3. The molecule has 0 atom stereocenters. The van der Waals surface area contributed by atoms with Crippen molar-refractivity contribution in [3.63, 3.8) is 0 Å². The molecule has 0 spiro atoms. The van der Waals surface area contributed by atoms with Gasteiger partial charge in [-0.3, -0.25) is 9.10 Å². The van der Waals surface area contributed by atoms with Crippen molar-refractivity contribution in [1.29, 1.82) is 0 Å². The summed E-state index contributed by atoms with van der Waals surface area (Å²) >= 11 is 0. The fourth-order valence-corrected chi connectivity index (χ4v) is 3.72. The highest BCUT2D eigenvalue weighted by atomic mass is 32.2. The smallest absolute Gasteiger partial charge is 0.245 e. The first-order chi connectivity index (χ1) is 14.2. The van der Waals surface area contributed by atoms with E-state index < -0.39 is 15.9 Å². The van der Waals surface area contributed by atoms with E-state index in [2.05, 4.69) is 5.32 Å². The monoisotopic (exact) mass is 424 g/mol. The predicted octanol–water partition coefficient (Wildman–Crippen LogP) is 4.50. The Kier molecular flexibility index (Phi) is 6.42. The Morgan fingerprint density at radius 1 is 0.933 bits per heavy atom. The molecule has 0 unspecified atom stereocenters. The van der Waals surface area contributed by atoms with Crippen LogP contribution in [0, 0.1) is 13.8 Å². The average Bonchev–Trinajstić information content (AvgIpc) is 2.70. The van der Waals surface area contributed by atoms with Crippen molar-refractivity contribution in [2.45, 2.75) is 13.8 Å². The Morgan fingerprint density at radius 3 is 2.27 bits per heavy atom. The van der Waals surface area contributed by atoms with Crippen LogP contribution in [0.4, 0.5) is 11.4 Å². The highest BCUT2D eigenvalue weighted by Crippen LogP contribution is 2.29. The van der Waals surface area contributed by atoms with E-state index in [4.69, 9.17) is 4.74 Å². The van der Waals surface area contributed by atoms with Gasteiger partial charge in [0.1, 0.15) is 12.3 Å². The molecule has 0 heterocycles. The Bertz CT molecular complexity index is 1140. The van der Waals surface area contributed by atoms with Crippen LogP contribution < -0.4 is 14.4 Å². The van der Waals surface area contributed by atoms with Gasteiger partial charge >= 0.3 is 0 Å². The van der Waals surface area contributed by atoms with E-state index in [-0.39, 0.29) is 6.54 Å². The van der Waals surface area contributed by atoms with Gasteiger partial charge in [0.15, 0.2) is 5.75 Å². The lowest BCUT2D eigenvalue weighted by Crippen LogP contribution is -2.37. The topological polar surface area (TPSA) is 75.7 Å². The third kappa shape index (κ3) is 5.39. The molecule has 3 rings (SSSR count). The summed E-state index contributed by atoms with van der Waals surface area (Å²) in [6.07, 6.45) is 1.09. The second-order valence-electron chi connectivity index (χ2n) is 7.00. The van der Waals surface area contributed by atoms with Crippen molar-refractivity contribution in [2.75, 3.05) is 22.4 Å². The first-order valence-corrected chi connectivity index (χ1v) is 11.3. The van der Waals surface area contributed by atoms with Gasteiger partial charge in [-0.05, 0) is 61.4 Å². The summed E-state index contributed by atoms with van der Waals surface area (Å²) in [4.78, 5) is 12.7. The van der Waals surface area contributed by atoms with Crippen LogP contribution >= 0.6 is 0 Å². The zero-order valence-corrected chi connectivity index (χ0v) is 17.9. The quantitative estimate of drug-likeness (QED) is 0.606. The van der Waals surface area contributed by atoms with Gasteiger partial charge in [0, 0.05) is 0 Å². The largest absolute Gasteiger partial charge is 0.455 e. The van der Waals surface area contributed by atoms with Crippen molar-refractivity contribution < 1.29 is 17.9 Å². The standard InChI is InChI=1S/C23H24N2O4S/c1-17-13-14-19(15-18(17)2)25(30(3,27)28)16-23(26)24-21-11-7-8-12-22(21)29-20-9-5-4-6-10-20/h4-15H,16H2,1-3H3,(H,24,26). The van der Waals surface area contributed by atoms with Crippen LogP contribution in [-0.4, -0.2) is 27.1 Å². The molecule has 156 valence electrons. The molecule has 0 fully saturated rings. The van der Waals surface area contributed by atoms with Crippen molar-refractivity contribution in [1.82, 2.24) is 0 Å². The van der Waals surface area contributed by atoms with Crippen LogP contribution in [0.25, 0.3) is 0 Å². The lowest BCUT2D eigenvalue weighted by Gasteiger charge is -2.23. The minimum absolute atomic E-state index is 0.346. The van der Waals surface area contributed by atoms with Crippen LogP contribution in [0.1, 0.15) is 11.1 Å². The van der Waals surface area contributed by atoms with Crippen LogP contribution in [0.5, 0.6) is 11.5 Å². The molecule has 0 aliphatic rings.